The average molecular weight is 856 g/mol. The lowest BCUT2D eigenvalue weighted by Gasteiger charge is -2.42. The van der Waals surface area contributed by atoms with E-state index in [4.69, 9.17) is 18.9 Å². The Balaban J connectivity index is 1.14. The Labute approximate surface area is 371 Å². The molecule has 8 heteroatoms. The molecule has 0 N–H and O–H groups in total. The van der Waals surface area contributed by atoms with Crippen molar-refractivity contribution in [2.24, 2.45) is 0 Å². The lowest BCUT2D eigenvalue weighted by molar-refractivity contribution is -0.137. The minimum absolute atomic E-state index is 0.190. The zero-order chi connectivity index (χ0) is 44.2. The fraction of sp³-hybridized carbons (Fsp3) is 0.250. The van der Waals surface area contributed by atoms with Gasteiger partial charge in [-0.2, -0.15) is 13.2 Å². The third-order valence-electron chi connectivity index (χ3n) is 14.6. The molecular weight excluding hydrogens is 808 g/mol. The van der Waals surface area contributed by atoms with Crippen LogP contribution in [0.4, 0.5) is 30.2 Å². The lowest BCUT2D eigenvalue weighted by atomic mass is 9.66. The molecule has 2 aliphatic heterocycles. The molecule has 1 fully saturated rings. The molecule has 64 heavy (non-hydrogen) atoms. The minimum Gasteiger partial charge on any atom is -0.497 e. The number of para-hydroxylation sites is 2. The summed E-state index contributed by atoms with van der Waals surface area (Å²) in [5.74, 6) is 2.42. The van der Waals surface area contributed by atoms with Crippen LogP contribution < -0.4 is 23.8 Å². The molecule has 0 bridgehead atoms. The first-order valence-electron chi connectivity index (χ1n) is 22.0. The summed E-state index contributed by atoms with van der Waals surface area (Å²) in [6, 6.07) is 42.1. The van der Waals surface area contributed by atoms with Gasteiger partial charge in [0.1, 0.15) is 11.5 Å². The molecule has 1 spiro atoms. The average Bonchev–Trinajstić information content (AvgIpc) is 3.59. The third kappa shape index (κ3) is 5.70. The van der Waals surface area contributed by atoms with E-state index >= 15 is 0 Å². The van der Waals surface area contributed by atoms with Crippen LogP contribution in [0.3, 0.4) is 0 Å². The maximum Gasteiger partial charge on any atom is 0.416 e. The first-order chi connectivity index (χ1) is 30.9. The van der Waals surface area contributed by atoms with Crippen molar-refractivity contribution in [3.63, 3.8) is 0 Å². The molecule has 0 amide bonds. The quantitative estimate of drug-likeness (QED) is 0.167. The van der Waals surface area contributed by atoms with Gasteiger partial charge in [0, 0.05) is 38.6 Å². The number of halogens is 3. The van der Waals surface area contributed by atoms with Crippen LogP contribution >= 0.6 is 0 Å². The van der Waals surface area contributed by atoms with Gasteiger partial charge >= 0.3 is 6.18 Å². The molecule has 7 aromatic carbocycles. The van der Waals surface area contributed by atoms with Gasteiger partial charge in [-0.1, -0.05) is 106 Å². The van der Waals surface area contributed by atoms with Crippen LogP contribution in [-0.2, 0) is 22.6 Å². The summed E-state index contributed by atoms with van der Waals surface area (Å²) in [7, 11) is 4.87. The summed E-state index contributed by atoms with van der Waals surface area (Å²) in [6.45, 7) is 4.57. The highest BCUT2D eigenvalue weighted by atomic mass is 19.4. The summed E-state index contributed by atoms with van der Waals surface area (Å²) in [4.78, 5) is 2.34. The number of alkyl halides is 3. The topological polar surface area (TPSA) is 40.2 Å². The first kappa shape index (κ1) is 40.1. The van der Waals surface area contributed by atoms with Crippen LogP contribution in [-0.4, -0.2) is 21.3 Å². The number of ether oxygens (including phenoxy) is 4. The highest BCUT2D eigenvalue weighted by Crippen LogP contribution is 2.63. The van der Waals surface area contributed by atoms with Crippen LogP contribution in [0.1, 0.15) is 90.5 Å². The maximum atomic E-state index is 14.5. The van der Waals surface area contributed by atoms with E-state index in [1.54, 1.807) is 27.4 Å². The molecule has 0 aromatic heterocycles. The molecule has 1 unspecified atom stereocenters. The summed E-state index contributed by atoms with van der Waals surface area (Å²) >= 11 is 0. The predicted octanol–water partition coefficient (Wildman–Crippen LogP) is 14.6. The Morgan fingerprint density at radius 1 is 0.625 bits per heavy atom. The van der Waals surface area contributed by atoms with Gasteiger partial charge in [-0.3, -0.25) is 0 Å². The van der Waals surface area contributed by atoms with Gasteiger partial charge in [-0.25, -0.2) is 0 Å². The van der Waals surface area contributed by atoms with E-state index in [0.29, 0.717) is 17.2 Å². The molecule has 7 aromatic rings. The number of anilines is 3. The molecule has 322 valence electrons. The standard InChI is InChI=1S/C56H48F3NO4/c1-53(2)43-13-7-9-15-46(43)60(47-16-10-8-14-44(47)53)37-22-17-34(18-23-37)55(35-19-24-38(61-3)25-20-35)30-27-40-51-50(41-32-48(62-4)49(63-5)33-42(41)52(40)64-55)39-26-21-36(56(57,58)59)31-45(39)54(51)28-11-6-12-29-54/h7-10,13-27,30-33H,6,11-12,28-29H2,1-5H3. The van der Waals surface area contributed by atoms with Gasteiger partial charge in [0.05, 0.1) is 38.3 Å². The predicted molar refractivity (Wildman–Crippen MR) is 248 cm³/mol. The van der Waals surface area contributed by atoms with Gasteiger partial charge in [0.2, 0.25) is 0 Å². The number of rotatable bonds is 6. The summed E-state index contributed by atoms with van der Waals surface area (Å²) < 4.78 is 68.7. The molecule has 5 nitrogen and oxygen atoms in total. The van der Waals surface area contributed by atoms with E-state index in [1.807, 2.05) is 36.4 Å². The van der Waals surface area contributed by atoms with Crippen molar-refractivity contribution in [1.29, 1.82) is 0 Å². The summed E-state index contributed by atoms with van der Waals surface area (Å²) in [6.07, 6.45) is 4.13. The zero-order valence-electron chi connectivity index (χ0n) is 36.5. The van der Waals surface area contributed by atoms with Gasteiger partial charge in [-0.05, 0) is 118 Å². The first-order valence-corrected chi connectivity index (χ1v) is 22.0. The van der Waals surface area contributed by atoms with Gasteiger partial charge in [-0.15, -0.1) is 0 Å². The minimum atomic E-state index is -4.48. The van der Waals surface area contributed by atoms with E-state index in [1.165, 1.54) is 23.3 Å². The monoisotopic (exact) mass is 855 g/mol. The summed E-state index contributed by atoms with van der Waals surface area (Å²) in [5.41, 5.74) is 9.39. The van der Waals surface area contributed by atoms with Crippen molar-refractivity contribution < 1.29 is 32.1 Å². The zero-order valence-corrected chi connectivity index (χ0v) is 36.5. The normalized spacial score (nSPS) is 18.7. The van der Waals surface area contributed by atoms with Crippen molar-refractivity contribution in [2.75, 3.05) is 26.2 Å². The van der Waals surface area contributed by atoms with E-state index < -0.39 is 22.8 Å². The number of nitrogens with zero attached hydrogens (tertiary/aromatic N) is 1. The number of benzene rings is 7. The van der Waals surface area contributed by atoms with E-state index in [9.17, 15) is 13.2 Å². The molecule has 11 rings (SSSR count). The second kappa shape index (κ2) is 14.4. The van der Waals surface area contributed by atoms with Gasteiger partial charge in [0.25, 0.3) is 0 Å². The van der Waals surface area contributed by atoms with Crippen molar-refractivity contribution in [3.8, 4) is 34.1 Å². The highest BCUT2D eigenvalue weighted by molar-refractivity contribution is 6.10. The smallest absolute Gasteiger partial charge is 0.416 e. The molecular formula is C56H48F3NO4. The Morgan fingerprint density at radius 2 is 1.22 bits per heavy atom. The fourth-order valence-corrected chi connectivity index (χ4v) is 11.5. The Hall–Kier alpha value is -6.67. The van der Waals surface area contributed by atoms with E-state index in [0.717, 1.165) is 105 Å². The Bertz CT molecular complexity index is 2990. The number of hydrogen-bond acceptors (Lipinski definition) is 5. The molecule has 1 saturated carbocycles. The van der Waals surface area contributed by atoms with Crippen LogP contribution in [0.2, 0.25) is 0 Å². The van der Waals surface area contributed by atoms with Crippen molar-refractivity contribution >= 4 is 33.9 Å². The van der Waals surface area contributed by atoms with Crippen LogP contribution in [0.15, 0.2) is 133 Å². The second-order valence-electron chi connectivity index (χ2n) is 18.1. The van der Waals surface area contributed by atoms with E-state index in [-0.39, 0.29) is 5.41 Å². The lowest BCUT2D eigenvalue weighted by Crippen LogP contribution is -2.36. The molecule has 0 saturated heterocycles. The highest BCUT2D eigenvalue weighted by Gasteiger charge is 2.50. The van der Waals surface area contributed by atoms with Gasteiger partial charge in [0.15, 0.2) is 17.1 Å². The molecule has 1 atom stereocenters. The largest absolute Gasteiger partial charge is 0.497 e. The third-order valence-corrected chi connectivity index (χ3v) is 14.6. The van der Waals surface area contributed by atoms with Crippen molar-refractivity contribution in [3.05, 3.63) is 178 Å². The van der Waals surface area contributed by atoms with Gasteiger partial charge < -0.3 is 23.8 Å². The number of fused-ring (bicyclic) bond motifs is 12. The Kier molecular flexibility index (Phi) is 9.05. The molecule has 2 aliphatic carbocycles. The summed E-state index contributed by atoms with van der Waals surface area (Å²) in [5, 5.41) is 1.63. The van der Waals surface area contributed by atoms with Crippen LogP contribution in [0.5, 0.6) is 23.0 Å². The van der Waals surface area contributed by atoms with Crippen LogP contribution in [0, 0.1) is 0 Å². The SMILES string of the molecule is COc1ccc(C2(c3ccc(N4c5ccccc5C(C)(C)c5ccccc54)cc3)C=Cc3c4c(c5cc(OC)c(OC)cc5c3O2)-c2ccc(C(F)(F)F)cc2C42CCCCC2)cc1. The van der Waals surface area contributed by atoms with Crippen molar-refractivity contribution in [2.45, 2.75) is 68.6 Å². The molecule has 0 radical (unpaired) electrons. The van der Waals surface area contributed by atoms with Crippen LogP contribution in [0.25, 0.3) is 28.0 Å². The Morgan fingerprint density at radius 3 is 1.81 bits per heavy atom. The van der Waals surface area contributed by atoms with Crippen molar-refractivity contribution in [1.82, 2.24) is 0 Å². The fourth-order valence-electron chi connectivity index (χ4n) is 11.5. The second-order valence-corrected chi connectivity index (χ2v) is 18.1. The van der Waals surface area contributed by atoms with E-state index in [2.05, 4.69) is 104 Å². The molecule has 4 aliphatic rings. The number of methoxy groups -OCH3 is 3. The maximum absolute atomic E-state index is 14.5. The molecule has 2 heterocycles. The number of hydrogen-bond donors (Lipinski definition) is 0.